The van der Waals surface area contributed by atoms with Crippen molar-refractivity contribution in [3.8, 4) is 5.75 Å². The molecule has 1 N–H and O–H groups in total. The minimum absolute atomic E-state index is 0.0253. The van der Waals surface area contributed by atoms with Crippen molar-refractivity contribution < 1.29 is 22.7 Å². The highest BCUT2D eigenvalue weighted by molar-refractivity contribution is 7.89. The van der Waals surface area contributed by atoms with Crippen LogP contribution in [0.25, 0.3) is 0 Å². The molecular formula is C23H30ClN3O5S. The van der Waals surface area contributed by atoms with E-state index in [1.807, 2.05) is 6.07 Å². The maximum atomic E-state index is 13.3. The third kappa shape index (κ3) is 6.93. The van der Waals surface area contributed by atoms with E-state index in [1.54, 1.807) is 39.2 Å². The number of likely N-dealkylation sites (N-methyl/N-ethyl adjacent to an activating group) is 2. The zero-order valence-corrected chi connectivity index (χ0v) is 20.8. The summed E-state index contributed by atoms with van der Waals surface area (Å²) in [5.74, 6) is -0.163. The van der Waals surface area contributed by atoms with Gasteiger partial charge in [0.1, 0.15) is 11.8 Å². The Morgan fingerprint density at radius 3 is 2.36 bits per heavy atom. The zero-order valence-electron chi connectivity index (χ0n) is 19.2. The van der Waals surface area contributed by atoms with Crippen molar-refractivity contribution in [1.29, 1.82) is 0 Å². The van der Waals surface area contributed by atoms with Gasteiger partial charge in [-0.2, -0.15) is 4.31 Å². The van der Waals surface area contributed by atoms with Crippen LogP contribution in [0.2, 0.25) is 5.02 Å². The number of sulfonamides is 1. The molecule has 0 aliphatic carbocycles. The fourth-order valence-corrected chi connectivity index (χ4v) is 4.58. The molecule has 2 rings (SSSR count). The Morgan fingerprint density at radius 2 is 1.79 bits per heavy atom. The van der Waals surface area contributed by atoms with Crippen molar-refractivity contribution in [3.63, 3.8) is 0 Å². The predicted octanol–water partition coefficient (Wildman–Crippen LogP) is 2.91. The molecule has 180 valence electrons. The van der Waals surface area contributed by atoms with Gasteiger partial charge in [0.2, 0.25) is 21.8 Å². The highest BCUT2D eigenvalue weighted by Crippen LogP contribution is 2.20. The largest absolute Gasteiger partial charge is 0.497 e. The van der Waals surface area contributed by atoms with Crippen LogP contribution >= 0.6 is 11.6 Å². The van der Waals surface area contributed by atoms with Crippen LogP contribution in [-0.2, 0) is 26.2 Å². The molecule has 1 atom stereocenters. The van der Waals surface area contributed by atoms with Gasteiger partial charge in [-0.1, -0.05) is 30.7 Å². The molecule has 8 nitrogen and oxygen atoms in total. The van der Waals surface area contributed by atoms with Crippen molar-refractivity contribution in [3.05, 3.63) is 59.1 Å². The first-order chi connectivity index (χ1) is 15.6. The number of hydrogen-bond donors (Lipinski definition) is 1. The lowest BCUT2D eigenvalue weighted by Crippen LogP contribution is -2.51. The Bertz CT molecular complexity index is 1060. The van der Waals surface area contributed by atoms with Crippen LogP contribution in [0.1, 0.15) is 25.8 Å². The van der Waals surface area contributed by atoms with Crippen molar-refractivity contribution in [2.75, 3.05) is 27.2 Å². The lowest BCUT2D eigenvalue weighted by molar-refractivity contribution is -0.141. The number of hydrogen-bond acceptors (Lipinski definition) is 5. The average Bonchev–Trinajstić information content (AvgIpc) is 2.79. The molecule has 2 aromatic rings. The average molecular weight is 496 g/mol. The van der Waals surface area contributed by atoms with E-state index in [0.717, 1.165) is 9.87 Å². The molecule has 33 heavy (non-hydrogen) atoms. The minimum Gasteiger partial charge on any atom is -0.497 e. The first-order valence-electron chi connectivity index (χ1n) is 10.6. The molecule has 0 radical (unpaired) electrons. The maximum absolute atomic E-state index is 13.3. The minimum atomic E-state index is -3.92. The van der Waals surface area contributed by atoms with Crippen molar-refractivity contribution in [2.45, 2.75) is 37.8 Å². The number of amides is 2. The second-order valence-corrected chi connectivity index (χ2v) is 9.89. The second kappa shape index (κ2) is 12.0. The predicted molar refractivity (Wildman–Crippen MR) is 128 cm³/mol. The van der Waals surface area contributed by atoms with Gasteiger partial charge in [-0.15, -0.1) is 0 Å². The Kier molecular flexibility index (Phi) is 9.70. The summed E-state index contributed by atoms with van der Waals surface area (Å²) in [5, 5.41) is 3.16. The zero-order chi connectivity index (χ0) is 24.6. The standard InChI is InChI=1S/C23H30ClN3O5S/c1-5-21(23(29)25-6-2)27(15-17-8-7-9-19(14-17)32-4)22(28)16-26(3)33(30,31)20-12-10-18(24)11-13-20/h7-14,21H,5-6,15-16H2,1-4H3,(H,25,29). The molecule has 10 heteroatoms. The fraction of sp³-hybridized carbons (Fsp3) is 0.391. The third-order valence-corrected chi connectivity index (χ3v) is 7.17. The number of carbonyl (C=O) groups is 2. The molecule has 0 heterocycles. The molecule has 2 amide bonds. The van der Waals surface area contributed by atoms with E-state index in [1.165, 1.54) is 36.2 Å². The van der Waals surface area contributed by atoms with E-state index < -0.39 is 28.5 Å². The summed E-state index contributed by atoms with van der Waals surface area (Å²) in [4.78, 5) is 27.5. The monoisotopic (exact) mass is 495 g/mol. The van der Waals surface area contributed by atoms with Crippen molar-refractivity contribution in [1.82, 2.24) is 14.5 Å². The van der Waals surface area contributed by atoms with Crippen molar-refractivity contribution >= 4 is 33.4 Å². The van der Waals surface area contributed by atoms with Crippen LogP contribution < -0.4 is 10.1 Å². The van der Waals surface area contributed by atoms with Gasteiger partial charge < -0.3 is 15.0 Å². The van der Waals surface area contributed by atoms with Gasteiger partial charge in [0.15, 0.2) is 0 Å². The summed E-state index contributed by atoms with van der Waals surface area (Å²) in [6.07, 6.45) is 0.370. The number of carbonyl (C=O) groups excluding carboxylic acids is 2. The molecular weight excluding hydrogens is 466 g/mol. The van der Waals surface area contributed by atoms with Gasteiger partial charge in [-0.05, 0) is 55.3 Å². The smallest absolute Gasteiger partial charge is 0.243 e. The van der Waals surface area contributed by atoms with Gasteiger partial charge in [-0.25, -0.2) is 8.42 Å². The Morgan fingerprint density at radius 1 is 1.12 bits per heavy atom. The van der Waals surface area contributed by atoms with E-state index in [9.17, 15) is 18.0 Å². The number of halogens is 1. The van der Waals surface area contributed by atoms with E-state index in [0.29, 0.717) is 23.7 Å². The van der Waals surface area contributed by atoms with Gasteiger partial charge in [0, 0.05) is 25.2 Å². The Hall–Kier alpha value is -2.62. The Balaban J connectivity index is 2.33. The SMILES string of the molecule is CCNC(=O)C(CC)N(Cc1cccc(OC)c1)C(=O)CN(C)S(=O)(=O)c1ccc(Cl)cc1. The van der Waals surface area contributed by atoms with E-state index in [2.05, 4.69) is 5.32 Å². The lowest BCUT2D eigenvalue weighted by atomic mass is 10.1. The summed E-state index contributed by atoms with van der Waals surface area (Å²) in [5.41, 5.74) is 0.758. The highest BCUT2D eigenvalue weighted by atomic mass is 35.5. The highest BCUT2D eigenvalue weighted by Gasteiger charge is 2.31. The maximum Gasteiger partial charge on any atom is 0.243 e. The van der Waals surface area contributed by atoms with E-state index >= 15 is 0 Å². The molecule has 0 saturated heterocycles. The number of benzene rings is 2. The van der Waals surface area contributed by atoms with E-state index in [4.69, 9.17) is 16.3 Å². The lowest BCUT2D eigenvalue weighted by Gasteiger charge is -2.32. The summed E-state index contributed by atoms with van der Waals surface area (Å²) in [6, 6.07) is 12.1. The molecule has 0 spiro atoms. The molecule has 0 aromatic heterocycles. The van der Waals surface area contributed by atoms with Crippen LogP contribution in [0.15, 0.2) is 53.4 Å². The molecule has 0 aliphatic rings. The van der Waals surface area contributed by atoms with E-state index in [-0.39, 0.29) is 17.3 Å². The first-order valence-corrected chi connectivity index (χ1v) is 12.4. The third-order valence-electron chi connectivity index (χ3n) is 5.10. The number of ether oxygens (including phenoxy) is 1. The molecule has 1 unspecified atom stereocenters. The van der Waals surface area contributed by atoms with Crippen LogP contribution in [0, 0.1) is 0 Å². The quantitative estimate of drug-likeness (QED) is 0.517. The van der Waals surface area contributed by atoms with Gasteiger partial charge in [0.05, 0.1) is 18.6 Å². The second-order valence-electron chi connectivity index (χ2n) is 7.41. The molecule has 0 bridgehead atoms. The van der Waals surface area contributed by atoms with Crippen LogP contribution in [0.3, 0.4) is 0 Å². The van der Waals surface area contributed by atoms with Crippen molar-refractivity contribution in [2.24, 2.45) is 0 Å². The summed E-state index contributed by atoms with van der Waals surface area (Å²) in [7, 11) is -1.05. The first kappa shape index (κ1) is 26.6. The number of methoxy groups -OCH3 is 1. The molecule has 0 fully saturated rings. The molecule has 0 aliphatic heterocycles. The molecule has 2 aromatic carbocycles. The van der Waals surface area contributed by atoms with Crippen LogP contribution in [0.5, 0.6) is 5.75 Å². The number of rotatable bonds is 11. The number of nitrogens with one attached hydrogen (secondary N) is 1. The fourth-order valence-electron chi connectivity index (χ4n) is 3.33. The van der Waals surface area contributed by atoms with Gasteiger partial charge in [-0.3, -0.25) is 9.59 Å². The van der Waals surface area contributed by atoms with Gasteiger partial charge >= 0.3 is 0 Å². The van der Waals surface area contributed by atoms with Gasteiger partial charge in [0.25, 0.3) is 0 Å². The summed E-state index contributed by atoms with van der Waals surface area (Å²) < 4.78 is 32.1. The van der Waals surface area contributed by atoms with Crippen LogP contribution in [0.4, 0.5) is 0 Å². The summed E-state index contributed by atoms with van der Waals surface area (Å²) in [6.45, 7) is 3.72. The topological polar surface area (TPSA) is 96.0 Å². The Labute approximate surface area is 200 Å². The van der Waals surface area contributed by atoms with Crippen LogP contribution in [-0.4, -0.2) is 62.7 Å². The molecule has 0 saturated carbocycles. The summed E-state index contributed by atoms with van der Waals surface area (Å²) >= 11 is 5.86. The normalized spacial score (nSPS) is 12.3. The number of nitrogens with zero attached hydrogens (tertiary/aromatic N) is 2.